The molecule has 1 fully saturated rings. The third-order valence-corrected chi connectivity index (χ3v) is 2.63. The molecular formula is C11H13N3. The molecule has 72 valence electrons. The standard InChI is InChI=1S/C11H13N3/c1-8(9-4-5-9)14-10-3-2-6-13-11(10)7-12/h2-3,6,8-9,14H,4-5H2,1H3. The number of nitrogens with one attached hydrogen (secondary N) is 1. The molecule has 1 aromatic rings. The quantitative estimate of drug-likeness (QED) is 0.788. The van der Waals surface area contributed by atoms with Crippen LogP contribution >= 0.6 is 0 Å². The summed E-state index contributed by atoms with van der Waals surface area (Å²) in [5.41, 5.74) is 1.34. The first kappa shape index (κ1) is 9.01. The zero-order chi connectivity index (χ0) is 9.97. The molecule has 0 radical (unpaired) electrons. The van der Waals surface area contributed by atoms with Crippen molar-refractivity contribution in [2.24, 2.45) is 5.92 Å². The second-order valence-corrected chi connectivity index (χ2v) is 3.78. The van der Waals surface area contributed by atoms with Crippen molar-refractivity contribution in [3.8, 4) is 6.07 Å². The fourth-order valence-electron chi connectivity index (χ4n) is 1.57. The topological polar surface area (TPSA) is 48.7 Å². The second-order valence-electron chi connectivity index (χ2n) is 3.78. The van der Waals surface area contributed by atoms with E-state index in [0.717, 1.165) is 11.6 Å². The van der Waals surface area contributed by atoms with Gasteiger partial charge in [-0.1, -0.05) is 0 Å². The van der Waals surface area contributed by atoms with E-state index in [2.05, 4.69) is 23.3 Å². The highest BCUT2D eigenvalue weighted by Crippen LogP contribution is 2.34. The van der Waals surface area contributed by atoms with Crippen molar-refractivity contribution in [2.75, 3.05) is 5.32 Å². The molecule has 0 saturated heterocycles. The molecule has 1 unspecified atom stereocenters. The second kappa shape index (κ2) is 3.67. The smallest absolute Gasteiger partial charge is 0.163 e. The molecule has 2 rings (SSSR count). The van der Waals surface area contributed by atoms with Gasteiger partial charge in [-0.3, -0.25) is 0 Å². The van der Waals surface area contributed by atoms with Gasteiger partial charge in [0, 0.05) is 12.2 Å². The zero-order valence-corrected chi connectivity index (χ0v) is 8.20. The summed E-state index contributed by atoms with van der Waals surface area (Å²) in [6.07, 6.45) is 4.25. The molecular weight excluding hydrogens is 174 g/mol. The van der Waals surface area contributed by atoms with Gasteiger partial charge in [-0.05, 0) is 37.8 Å². The lowest BCUT2D eigenvalue weighted by Crippen LogP contribution is -2.18. The van der Waals surface area contributed by atoms with E-state index in [1.54, 1.807) is 6.20 Å². The SMILES string of the molecule is CC(Nc1cccnc1C#N)C1CC1. The predicted molar refractivity (Wildman–Crippen MR) is 54.8 cm³/mol. The van der Waals surface area contributed by atoms with E-state index in [-0.39, 0.29) is 0 Å². The highest BCUT2D eigenvalue weighted by atomic mass is 14.9. The lowest BCUT2D eigenvalue weighted by atomic mass is 10.2. The molecule has 14 heavy (non-hydrogen) atoms. The zero-order valence-electron chi connectivity index (χ0n) is 8.20. The van der Waals surface area contributed by atoms with Gasteiger partial charge >= 0.3 is 0 Å². The lowest BCUT2D eigenvalue weighted by molar-refractivity contribution is 0.693. The maximum atomic E-state index is 8.83. The van der Waals surface area contributed by atoms with Gasteiger partial charge < -0.3 is 5.32 Å². The Balaban J connectivity index is 2.11. The monoisotopic (exact) mass is 187 g/mol. The number of pyridine rings is 1. The number of anilines is 1. The van der Waals surface area contributed by atoms with Crippen LogP contribution < -0.4 is 5.32 Å². The molecule has 1 aliphatic rings. The van der Waals surface area contributed by atoms with Crippen molar-refractivity contribution >= 4 is 5.69 Å². The Hall–Kier alpha value is -1.56. The van der Waals surface area contributed by atoms with E-state index in [0.29, 0.717) is 11.7 Å². The Bertz CT molecular complexity index is 363. The Morgan fingerprint density at radius 3 is 3.07 bits per heavy atom. The Labute approximate surface area is 83.8 Å². The third kappa shape index (κ3) is 1.85. The normalized spacial score (nSPS) is 17.1. The van der Waals surface area contributed by atoms with Crippen LogP contribution in [0.2, 0.25) is 0 Å². The van der Waals surface area contributed by atoms with Crippen LogP contribution in [0, 0.1) is 17.2 Å². The van der Waals surface area contributed by atoms with Crippen molar-refractivity contribution in [3.05, 3.63) is 24.0 Å². The minimum absolute atomic E-state index is 0.450. The van der Waals surface area contributed by atoms with E-state index in [4.69, 9.17) is 5.26 Å². The van der Waals surface area contributed by atoms with Crippen LogP contribution in [0.3, 0.4) is 0 Å². The summed E-state index contributed by atoms with van der Waals surface area (Å²) >= 11 is 0. The van der Waals surface area contributed by atoms with Crippen molar-refractivity contribution < 1.29 is 0 Å². The summed E-state index contributed by atoms with van der Waals surface area (Å²) in [4.78, 5) is 4.01. The summed E-state index contributed by atoms with van der Waals surface area (Å²) in [7, 11) is 0. The van der Waals surface area contributed by atoms with Crippen LogP contribution in [0.5, 0.6) is 0 Å². The third-order valence-electron chi connectivity index (χ3n) is 2.63. The highest BCUT2D eigenvalue weighted by Gasteiger charge is 2.28. The minimum Gasteiger partial charge on any atom is -0.380 e. The molecule has 1 saturated carbocycles. The van der Waals surface area contributed by atoms with Crippen LogP contribution in [-0.2, 0) is 0 Å². The maximum absolute atomic E-state index is 8.83. The molecule has 0 amide bonds. The molecule has 1 N–H and O–H groups in total. The van der Waals surface area contributed by atoms with Gasteiger partial charge in [0.05, 0.1) is 5.69 Å². The van der Waals surface area contributed by atoms with Gasteiger partial charge in [0.1, 0.15) is 6.07 Å². The largest absolute Gasteiger partial charge is 0.380 e. The maximum Gasteiger partial charge on any atom is 0.163 e. The van der Waals surface area contributed by atoms with Crippen molar-refractivity contribution in [2.45, 2.75) is 25.8 Å². The number of hydrogen-bond donors (Lipinski definition) is 1. The molecule has 0 aromatic carbocycles. The Morgan fingerprint density at radius 1 is 1.64 bits per heavy atom. The summed E-state index contributed by atoms with van der Waals surface area (Å²) in [6.45, 7) is 2.16. The summed E-state index contributed by atoms with van der Waals surface area (Å²) in [5.74, 6) is 0.779. The predicted octanol–water partition coefficient (Wildman–Crippen LogP) is 2.16. The van der Waals surface area contributed by atoms with Crippen LogP contribution in [-0.4, -0.2) is 11.0 Å². The van der Waals surface area contributed by atoms with Gasteiger partial charge in [-0.25, -0.2) is 4.98 Å². The average Bonchev–Trinajstić information content (AvgIpc) is 3.02. The van der Waals surface area contributed by atoms with Crippen LogP contribution in [0.25, 0.3) is 0 Å². The van der Waals surface area contributed by atoms with Crippen LogP contribution in [0.1, 0.15) is 25.5 Å². The number of aromatic nitrogens is 1. The molecule has 3 nitrogen and oxygen atoms in total. The molecule has 1 aliphatic carbocycles. The highest BCUT2D eigenvalue weighted by molar-refractivity contribution is 5.53. The fraction of sp³-hybridized carbons (Fsp3) is 0.455. The number of nitriles is 1. The van der Waals surface area contributed by atoms with E-state index in [1.807, 2.05) is 12.1 Å². The lowest BCUT2D eigenvalue weighted by Gasteiger charge is -2.14. The minimum atomic E-state index is 0.450. The van der Waals surface area contributed by atoms with E-state index < -0.39 is 0 Å². The van der Waals surface area contributed by atoms with Crippen molar-refractivity contribution in [3.63, 3.8) is 0 Å². The molecule has 0 bridgehead atoms. The summed E-state index contributed by atoms with van der Waals surface area (Å²) in [5, 5.41) is 12.2. The average molecular weight is 187 g/mol. The number of nitrogens with zero attached hydrogens (tertiary/aromatic N) is 2. The number of rotatable bonds is 3. The first-order valence-corrected chi connectivity index (χ1v) is 4.93. The summed E-state index contributed by atoms with van der Waals surface area (Å²) < 4.78 is 0. The van der Waals surface area contributed by atoms with E-state index in [1.165, 1.54) is 12.8 Å². The first-order chi connectivity index (χ1) is 6.81. The summed E-state index contributed by atoms with van der Waals surface area (Å²) in [6, 6.07) is 6.29. The first-order valence-electron chi connectivity index (χ1n) is 4.93. The molecule has 3 heteroatoms. The van der Waals surface area contributed by atoms with Crippen LogP contribution in [0.4, 0.5) is 5.69 Å². The number of hydrogen-bond acceptors (Lipinski definition) is 3. The molecule has 1 aromatic heterocycles. The van der Waals surface area contributed by atoms with E-state index >= 15 is 0 Å². The van der Waals surface area contributed by atoms with Gasteiger partial charge in [-0.2, -0.15) is 5.26 Å². The van der Waals surface area contributed by atoms with Gasteiger partial charge in [0.15, 0.2) is 5.69 Å². The molecule has 0 spiro atoms. The Kier molecular flexibility index (Phi) is 2.36. The molecule has 1 atom stereocenters. The van der Waals surface area contributed by atoms with Gasteiger partial charge in [0.25, 0.3) is 0 Å². The van der Waals surface area contributed by atoms with Gasteiger partial charge in [0.2, 0.25) is 0 Å². The molecule has 1 heterocycles. The van der Waals surface area contributed by atoms with Crippen LogP contribution in [0.15, 0.2) is 18.3 Å². The molecule has 0 aliphatic heterocycles. The van der Waals surface area contributed by atoms with Gasteiger partial charge in [-0.15, -0.1) is 0 Å². The van der Waals surface area contributed by atoms with E-state index in [9.17, 15) is 0 Å². The van der Waals surface area contributed by atoms with Crippen molar-refractivity contribution in [1.29, 1.82) is 5.26 Å². The van der Waals surface area contributed by atoms with Crippen molar-refractivity contribution in [1.82, 2.24) is 4.98 Å². The fourth-order valence-corrected chi connectivity index (χ4v) is 1.57. The Morgan fingerprint density at radius 2 is 2.43 bits per heavy atom.